The number of ether oxygens (including phenoxy) is 1. The highest BCUT2D eigenvalue weighted by Crippen LogP contribution is 2.28. The third kappa shape index (κ3) is 4.17. The number of amides is 1. The van der Waals surface area contributed by atoms with Crippen molar-refractivity contribution in [3.63, 3.8) is 0 Å². The van der Waals surface area contributed by atoms with Crippen LogP contribution < -0.4 is 10.1 Å². The number of hydrogen-bond acceptors (Lipinski definition) is 4. The molecule has 0 saturated carbocycles. The number of phenols is 1. The zero-order valence-corrected chi connectivity index (χ0v) is 15.5. The van der Waals surface area contributed by atoms with Gasteiger partial charge in [0.2, 0.25) is 0 Å². The first-order valence-corrected chi connectivity index (χ1v) is 9.56. The number of halogens is 1. The second-order valence-electron chi connectivity index (χ2n) is 7.19. The zero-order chi connectivity index (χ0) is 19.5. The van der Waals surface area contributed by atoms with Crippen LogP contribution in [-0.4, -0.2) is 41.8 Å². The van der Waals surface area contributed by atoms with Crippen molar-refractivity contribution in [2.45, 2.75) is 25.5 Å². The maximum Gasteiger partial charge on any atom is 0.257 e. The monoisotopic (exact) mass is 382 g/mol. The first-order valence-electron chi connectivity index (χ1n) is 9.56. The summed E-state index contributed by atoms with van der Waals surface area (Å²) in [5, 5.41) is 12.4. The quantitative estimate of drug-likeness (QED) is 0.830. The molecule has 2 N–H and O–H groups in total. The maximum atomic E-state index is 13.1. The van der Waals surface area contributed by atoms with Crippen molar-refractivity contribution in [3.8, 4) is 11.5 Å². The van der Waals surface area contributed by atoms with E-state index in [0.717, 1.165) is 38.0 Å². The molecule has 1 amide bonds. The summed E-state index contributed by atoms with van der Waals surface area (Å²) in [5.74, 6) is 0.135. The Morgan fingerprint density at radius 2 is 2.04 bits per heavy atom. The minimum atomic E-state index is -0.378. The molecular formula is C22H23FN2O3. The number of fused-ring (bicyclic) bond motifs is 1. The molecule has 0 aliphatic carbocycles. The van der Waals surface area contributed by atoms with Crippen LogP contribution in [0.2, 0.25) is 0 Å². The molecular weight excluding hydrogens is 359 g/mol. The minimum Gasteiger partial charge on any atom is -0.508 e. The van der Waals surface area contributed by atoms with E-state index in [4.69, 9.17) is 4.74 Å². The van der Waals surface area contributed by atoms with Gasteiger partial charge in [-0.15, -0.1) is 0 Å². The van der Waals surface area contributed by atoms with E-state index in [1.165, 1.54) is 29.8 Å². The van der Waals surface area contributed by atoms with Gasteiger partial charge in [-0.3, -0.25) is 9.69 Å². The summed E-state index contributed by atoms with van der Waals surface area (Å²) in [6, 6.07) is 11.2. The smallest absolute Gasteiger partial charge is 0.257 e. The molecule has 28 heavy (non-hydrogen) atoms. The van der Waals surface area contributed by atoms with Crippen LogP contribution in [0, 0.1) is 5.82 Å². The Morgan fingerprint density at radius 1 is 1.21 bits per heavy atom. The number of nitrogens with zero attached hydrogens (tertiary/aromatic N) is 1. The number of phenolic OH excluding ortho intramolecular Hbond substituents is 1. The van der Waals surface area contributed by atoms with Crippen LogP contribution in [-0.2, 0) is 0 Å². The Labute approximate surface area is 163 Å². The summed E-state index contributed by atoms with van der Waals surface area (Å²) in [7, 11) is 0. The van der Waals surface area contributed by atoms with Gasteiger partial charge in [-0.25, -0.2) is 4.39 Å². The highest BCUT2D eigenvalue weighted by molar-refractivity contribution is 5.98. The predicted octanol–water partition coefficient (Wildman–Crippen LogP) is 3.55. The summed E-state index contributed by atoms with van der Waals surface area (Å²) in [4.78, 5) is 14.5. The van der Waals surface area contributed by atoms with Gasteiger partial charge in [0.05, 0.1) is 5.56 Å². The van der Waals surface area contributed by atoms with E-state index in [9.17, 15) is 14.3 Å². The van der Waals surface area contributed by atoms with Crippen LogP contribution in [0.25, 0.3) is 5.57 Å². The first-order chi connectivity index (χ1) is 13.6. The number of rotatable bonds is 5. The molecule has 1 atom stereocenters. The third-order valence-corrected chi connectivity index (χ3v) is 5.22. The molecule has 0 fully saturated rings. The summed E-state index contributed by atoms with van der Waals surface area (Å²) in [6.45, 7) is 2.73. The lowest BCUT2D eigenvalue weighted by Crippen LogP contribution is -2.43. The second-order valence-corrected chi connectivity index (χ2v) is 7.19. The van der Waals surface area contributed by atoms with Crippen molar-refractivity contribution in [2.75, 3.05) is 19.6 Å². The fourth-order valence-corrected chi connectivity index (χ4v) is 3.67. The van der Waals surface area contributed by atoms with Gasteiger partial charge in [0.15, 0.2) is 6.23 Å². The zero-order valence-electron chi connectivity index (χ0n) is 15.5. The van der Waals surface area contributed by atoms with E-state index in [2.05, 4.69) is 16.3 Å². The lowest BCUT2D eigenvalue weighted by atomic mass is 9.99. The Balaban J connectivity index is 1.26. The highest BCUT2D eigenvalue weighted by atomic mass is 19.1. The van der Waals surface area contributed by atoms with E-state index in [1.54, 1.807) is 6.07 Å². The molecule has 2 heterocycles. The van der Waals surface area contributed by atoms with Crippen LogP contribution in [0.1, 0.15) is 35.2 Å². The SMILES string of the molecule is O=C1NC(CCCN2CC=C(c3ccc(F)cc3)CC2)Oc2cc(O)ccc21. The molecule has 5 nitrogen and oxygen atoms in total. The number of carbonyl (C=O) groups excluding carboxylic acids is 1. The average molecular weight is 382 g/mol. The lowest BCUT2D eigenvalue weighted by molar-refractivity contribution is 0.0728. The molecule has 4 rings (SSSR count). The van der Waals surface area contributed by atoms with E-state index in [-0.39, 0.29) is 23.7 Å². The number of nitrogens with one attached hydrogen (secondary N) is 1. The van der Waals surface area contributed by atoms with Crippen LogP contribution in [0.3, 0.4) is 0 Å². The minimum absolute atomic E-state index is 0.0873. The van der Waals surface area contributed by atoms with E-state index in [1.807, 2.05) is 12.1 Å². The van der Waals surface area contributed by atoms with Gasteiger partial charge >= 0.3 is 0 Å². The molecule has 0 spiro atoms. The summed E-state index contributed by atoms with van der Waals surface area (Å²) >= 11 is 0. The van der Waals surface area contributed by atoms with E-state index < -0.39 is 0 Å². The number of benzene rings is 2. The Morgan fingerprint density at radius 3 is 2.79 bits per heavy atom. The van der Waals surface area contributed by atoms with E-state index in [0.29, 0.717) is 17.7 Å². The van der Waals surface area contributed by atoms with Crippen LogP contribution in [0.15, 0.2) is 48.5 Å². The molecule has 0 bridgehead atoms. The van der Waals surface area contributed by atoms with Crippen molar-refractivity contribution in [1.29, 1.82) is 0 Å². The normalized spacial score (nSPS) is 19.4. The largest absolute Gasteiger partial charge is 0.508 e. The first kappa shape index (κ1) is 18.5. The van der Waals surface area contributed by atoms with Gasteiger partial charge in [-0.1, -0.05) is 18.2 Å². The molecule has 2 aromatic carbocycles. The molecule has 2 aliphatic rings. The van der Waals surface area contributed by atoms with Crippen LogP contribution in [0.5, 0.6) is 11.5 Å². The molecule has 0 radical (unpaired) electrons. The molecule has 0 aromatic heterocycles. The van der Waals surface area contributed by atoms with Gasteiger partial charge in [0.25, 0.3) is 5.91 Å². The summed E-state index contributed by atoms with van der Waals surface area (Å²) < 4.78 is 18.9. The molecule has 146 valence electrons. The topological polar surface area (TPSA) is 61.8 Å². The van der Waals surface area contributed by atoms with Crippen molar-refractivity contribution in [1.82, 2.24) is 10.2 Å². The Hall–Kier alpha value is -2.86. The fourth-order valence-electron chi connectivity index (χ4n) is 3.67. The summed E-state index contributed by atoms with van der Waals surface area (Å²) in [5.41, 5.74) is 2.79. The van der Waals surface area contributed by atoms with Gasteiger partial charge in [0.1, 0.15) is 17.3 Å². The van der Waals surface area contributed by atoms with Crippen molar-refractivity contribution >= 4 is 11.5 Å². The number of aromatic hydroxyl groups is 1. The number of hydrogen-bond donors (Lipinski definition) is 2. The van der Waals surface area contributed by atoms with Gasteiger partial charge in [0, 0.05) is 25.6 Å². The molecule has 1 unspecified atom stereocenters. The van der Waals surface area contributed by atoms with Gasteiger partial charge in [-0.2, -0.15) is 0 Å². The average Bonchev–Trinajstić information content (AvgIpc) is 2.69. The van der Waals surface area contributed by atoms with Crippen molar-refractivity contribution in [3.05, 3.63) is 65.5 Å². The lowest BCUT2D eigenvalue weighted by Gasteiger charge is -2.29. The maximum absolute atomic E-state index is 13.1. The molecule has 6 heteroatoms. The second kappa shape index (κ2) is 8.02. The molecule has 2 aliphatic heterocycles. The molecule has 2 aromatic rings. The summed E-state index contributed by atoms with van der Waals surface area (Å²) in [6.07, 6.45) is 4.35. The van der Waals surface area contributed by atoms with Gasteiger partial charge < -0.3 is 15.2 Å². The van der Waals surface area contributed by atoms with Crippen molar-refractivity contribution in [2.24, 2.45) is 0 Å². The van der Waals surface area contributed by atoms with Crippen LogP contribution in [0.4, 0.5) is 4.39 Å². The third-order valence-electron chi connectivity index (χ3n) is 5.22. The van der Waals surface area contributed by atoms with E-state index >= 15 is 0 Å². The van der Waals surface area contributed by atoms with Crippen molar-refractivity contribution < 1.29 is 19.0 Å². The molecule has 0 saturated heterocycles. The van der Waals surface area contributed by atoms with Crippen LogP contribution >= 0.6 is 0 Å². The standard InChI is InChI=1S/C22H23FN2O3/c23-17-5-3-15(4-6-17)16-9-12-25(13-10-16)11-1-2-21-24-22(27)19-8-7-18(26)14-20(19)28-21/h3-9,14,21,26H,1-2,10-13H2,(H,24,27). The fraction of sp³-hybridized carbons (Fsp3) is 0.318. The van der Waals surface area contributed by atoms with Gasteiger partial charge in [-0.05, 0) is 54.8 Å². The predicted molar refractivity (Wildman–Crippen MR) is 105 cm³/mol. The Kier molecular flexibility index (Phi) is 5.30. The number of carbonyl (C=O) groups is 1. The highest BCUT2D eigenvalue weighted by Gasteiger charge is 2.25. The Bertz CT molecular complexity index is 895.